The van der Waals surface area contributed by atoms with Crippen molar-refractivity contribution in [2.75, 3.05) is 19.2 Å². The number of anilines is 8. The van der Waals surface area contributed by atoms with Gasteiger partial charge in [0.25, 0.3) is 0 Å². The van der Waals surface area contributed by atoms with E-state index in [1.54, 1.807) is 0 Å². The molecule has 0 saturated carbocycles. The molecule has 8 heteroatoms. The van der Waals surface area contributed by atoms with E-state index in [4.69, 9.17) is 0 Å². The molecular weight excluding hydrogens is 1150 g/mol. The maximum atomic E-state index is 3.79. The van der Waals surface area contributed by atoms with E-state index >= 15 is 0 Å². The van der Waals surface area contributed by atoms with Crippen LogP contribution in [0.25, 0.3) is 44.5 Å². The van der Waals surface area contributed by atoms with Crippen molar-refractivity contribution in [3.63, 3.8) is 0 Å². The SMILES string of the molecule is CC(C)(C)c1ccc(N2B3c4c(cccc4-c4cc(Br)ccc4N3c3ccc(C(C)(C)C)cc3)-c3cc(Br)ccc32)cc1.CC(C)(C)c1ccc(N2B3c4c(cccc4-c4ccccc4N3c3ccc(C(C)(C)C)cc3)-c3ccccc32)cc1. The van der Waals surface area contributed by atoms with Crippen molar-refractivity contribution >= 4 is 102 Å². The van der Waals surface area contributed by atoms with Gasteiger partial charge in [-0.15, -0.1) is 0 Å². The summed E-state index contributed by atoms with van der Waals surface area (Å²) in [7, 11) is 0. The van der Waals surface area contributed by atoms with Crippen LogP contribution >= 0.6 is 31.9 Å². The Bertz CT molecular complexity index is 3900. The van der Waals surface area contributed by atoms with Gasteiger partial charge in [-0.25, -0.2) is 0 Å². The third kappa shape index (κ3) is 9.62. The highest BCUT2D eigenvalue weighted by Crippen LogP contribution is 2.52. The van der Waals surface area contributed by atoms with Crippen LogP contribution in [0.5, 0.6) is 0 Å². The van der Waals surface area contributed by atoms with Gasteiger partial charge in [0.05, 0.1) is 0 Å². The Labute approximate surface area is 516 Å². The van der Waals surface area contributed by atoms with E-state index in [-0.39, 0.29) is 35.6 Å². The summed E-state index contributed by atoms with van der Waals surface area (Å²) in [5.74, 6) is 0. The van der Waals surface area contributed by atoms with Crippen LogP contribution in [0.4, 0.5) is 45.5 Å². The summed E-state index contributed by atoms with van der Waals surface area (Å²) in [6, 6.07) is 81.7. The molecule has 0 amide bonds. The third-order valence-electron chi connectivity index (χ3n) is 17.7. The minimum Gasteiger partial charge on any atom is -0.361 e. The third-order valence-corrected chi connectivity index (χ3v) is 18.7. The zero-order chi connectivity index (χ0) is 58.8. The fraction of sp³-hybridized carbons (Fsp3) is 0.211. The lowest BCUT2D eigenvalue weighted by atomic mass is 9.53. The summed E-state index contributed by atoms with van der Waals surface area (Å²) < 4.78 is 2.16. The van der Waals surface area contributed by atoms with Gasteiger partial charge >= 0.3 is 14.0 Å². The predicted octanol–water partition coefficient (Wildman–Crippen LogP) is 20.8. The maximum Gasteiger partial charge on any atom is 0.421 e. The summed E-state index contributed by atoms with van der Waals surface area (Å²) >= 11 is 7.57. The van der Waals surface area contributed by atoms with Crippen molar-refractivity contribution in [1.82, 2.24) is 0 Å². The standard InChI is InChI=1S/C38H35BBr2N2.C38H37BN2/c1-37(2,3)24-10-16-28(17-11-24)42-34-20-14-26(40)22-32(34)30-8-7-9-31-33-23-27(41)15-21-35(33)43(39(42)36(30)31)29-18-12-25(13-19-29)38(4,5)6;1-37(2,3)26-18-22-28(23-19-26)40-34-16-9-7-12-30(34)32-14-11-15-33-31-13-8-10-17-35(31)41(39(40)36(32)33)29-24-20-27(21-25-29)38(4,5)6/h7-23H,1-6H3;7-25H,1-6H3. The van der Waals surface area contributed by atoms with E-state index in [2.05, 4.69) is 353 Å². The van der Waals surface area contributed by atoms with Gasteiger partial charge in [-0.2, -0.15) is 0 Å². The van der Waals surface area contributed by atoms with Crippen LogP contribution in [0.15, 0.2) is 227 Å². The van der Waals surface area contributed by atoms with Crippen molar-refractivity contribution in [2.45, 2.75) is 105 Å². The van der Waals surface area contributed by atoms with Crippen LogP contribution in [0.1, 0.15) is 105 Å². The second-order valence-electron chi connectivity index (χ2n) is 27.3. The molecule has 0 radical (unpaired) electrons. The summed E-state index contributed by atoms with van der Waals surface area (Å²) in [4.78, 5) is 10.2. The summed E-state index contributed by atoms with van der Waals surface area (Å²) in [6.07, 6.45) is 0. The van der Waals surface area contributed by atoms with E-state index in [0.29, 0.717) is 0 Å². The molecule has 0 bridgehead atoms. The molecule has 4 aliphatic rings. The predicted molar refractivity (Wildman–Crippen MR) is 370 cm³/mol. The maximum absolute atomic E-state index is 3.79. The van der Waals surface area contributed by atoms with Gasteiger partial charge in [0, 0.05) is 76.7 Å². The van der Waals surface area contributed by atoms with E-state index in [1.807, 2.05) is 0 Å². The average molecular weight is 1220 g/mol. The zero-order valence-electron chi connectivity index (χ0n) is 50.5. The molecule has 0 aliphatic carbocycles. The number of hydrogen-bond acceptors (Lipinski definition) is 4. The van der Waals surface area contributed by atoms with Crippen molar-refractivity contribution in [3.8, 4) is 44.5 Å². The minimum absolute atomic E-state index is 0.0352. The molecule has 0 N–H and O–H groups in total. The van der Waals surface area contributed by atoms with Crippen molar-refractivity contribution < 1.29 is 0 Å². The van der Waals surface area contributed by atoms with E-state index in [1.165, 1.54) is 123 Å². The Balaban J connectivity index is 0.000000157. The molecule has 0 fully saturated rings. The number of halogens is 2. The molecule has 10 aromatic carbocycles. The van der Waals surface area contributed by atoms with Crippen LogP contribution in [0.3, 0.4) is 0 Å². The fourth-order valence-corrected chi connectivity index (χ4v) is 13.9. The van der Waals surface area contributed by atoms with Crippen LogP contribution in [-0.4, -0.2) is 14.0 Å². The number of hydrogen-bond donors (Lipinski definition) is 0. The second kappa shape index (κ2) is 20.6. The lowest BCUT2D eigenvalue weighted by molar-refractivity contribution is 0.590. The Morgan fingerprint density at radius 3 is 0.762 bits per heavy atom. The van der Waals surface area contributed by atoms with Crippen molar-refractivity contribution in [3.05, 3.63) is 250 Å². The highest BCUT2D eigenvalue weighted by molar-refractivity contribution is 9.10. The Hall–Kier alpha value is -7.51. The molecule has 4 aliphatic heterocycles. The molecule has 10 aromatic rings. The first-order chi connectivity index (χ1) is 40.0. The molecule has 0 unspecified atom stereocenters. The summed E-state index contributed by atoms with van der Waals surface area (Å²) in [5, 5.41) is 0. The van der Waals surface area contributed by atoms with Crippen LogP contribution < -0.4 is 30.2 Å². The molecule has 14 rings (SSSR count). The van der Waals surface area contributed by atoms with Gasteiger partial charge in [0.1, 0.15) is 0 Å². The highest BCUT2D eigenvalue weighted by atomic mass is 79.9. The molecule has 0 saturated heterocycles. The molecule has 4 nitrogen and oxygen atoms in total. The first kappa shape index (κ1) is 55.7. The van der Waals surface area contributed by atoms with Gasteiger partial charge in [-0.3, -0.25) is 0 Å². The topological polar surface area (TPSA) is 13.0 Å². The second-order valence-corrected chi connectivity index (χ2v) is 29.1. The molecular formula is C76H72B2Br2N4. The summed E-state index contributed by atoms with van der Waals surface area (Å²) in [6.45, 7) is 27.2. The molecule has 84 heavy (non-hydrogen) atoms. The van der Waals surface area contributed by atoms with Gasteiger partial charge < -0.3 is 19.2 Å². The number of fused-ring (bicyclic) bond motifs is 8. The molecule has 4 heterocycles. The Morgan fingerprint density at radius 1 is 0.250 bits per heavy atom. The monoisotopic (exact) mass is 1220 g/mol. The smallest absolute Gasteiger partial charge is 0.361 e. The lowest BCUT2D eigenvalue weighted by Crippen LogP contribution is -2.61. The van der Waals surface area contributed by atoms with E-state index in [9.17, 15) is 0 Å². The van der Waals surface area contributed by atoms with Crippen LogP contribution in [0, 0.1) is 0 Å². The first-order valence-electron chi connectivity index (χ1n) is 29.7. The quantitative estimate of drug-likeness (QED) is 0.163. The van der Waals surface area contributed by atoms with Crippen LogP contribution in [0.2, 0.25) is 0 Å². The van der Waals surface area contributed by atoms with E-state index < -0.39 is 0 Å². The van der Waals surface area contributed by atoms with Crippen molar-refractivity contribution in [2.24, 2.45) is 0 Å². The number of nitrogens with zero attached hydrogens (tertiary/aromatic N) is 4. The Kier molecular flexibility index (Phi) is 13.7. The normalized spacial score (nSPS) is 13.9. The number of rotatable bonds is 4. The largest absolute Gasteiger partial charge is 0.421 e. The Morgan fingerprint density at radius 2 is 0.488 bits per heavy atom. The van der Waals surface area contributed by atoms with Gasteiger partial charge in [0.2, 0.25) is 0 Å². The lowest BCUT2D eigenvalue weighted by Gasteiger charge is -2.48. The molecule has 416 valence electrons. The van der Waals surface area contributed by atoms with Gasteiger partial charge in [0.15, 0.2) is 0 Å². The van der Waals surface area contributed by atoms with Gasteiger partial charge in [-0.1, -0.05) is 236 Å². The van der Waals surface area contributed by atoms with E-state index in [0.717, 1.165) is 8.95 Å². The van der Waals surface area contributed by atoms with Gasteiger partial charge in [-0.05, 0) is 174 Å². The fourth-order valence-electron chi connectivity index (χ4n) is 13.2. The molecule has 0 spiro atoms. The van der Waals surface area contributed by atoms with Crippen molar-refractivity contribution in [1.29, 1.82) is 0 Å². The zero-order valence-corrected chi connectivity index (χ0v) is 53.7. The first-order valence-corrected chi connectivity index (χ1v) is 31.3. The number of para-hydroxylation sites is 2. The highest BCUT2D eigenvalue weighted by Gasteiger charge is 2.49. The minimum atomic E-state index is -0.0745. The number of benzene rings is 10. The summed E-state index contributed by atoms with van der Waals surface area (Å²) in [5.41, 5.74) is 28.3. The molecule has 0 atom stereocenters. The average Bonchev–Trinajstić information content (AvgIpc) is 1.56. The van der Waals surface area contributed by atoms with Crippen LogP contribution in [-0.2, 0) is 21.7 Å². The molecule has 0 aromatic heterocycles.